The van der Waals surface area contributed by atoms with E-state index in [4.69, 9.17) is 9.47 Å². The number of fused-ring (bicyclic) bond motifs is 1. The maximum Gasteiger partial charge on any atom is 0.328 e. The molecule has 2 aromatic carbocycles. The van der Waals surface area contributed by atoms with Crippen LogP contribution in [0.3, 0.4) is 0 Å². The van der Waals surface area contributed by atoms with Crippen molar-refractivity contribution in [1.82, 2.24) is 9.55 Å². The van der Waals surface area contributed by atoms with Gasteiger partial charge in [0.1, 0.15) is 12.4 Å². The highest BCUT2D eigenvalue weighted by molar-refractivity contribution is 5.69. The van der Waals surface area contributed by atoms with Gasteiger partial charge in [-0.2, -0.15) is 0 Å². The molecule has 0 fully saturated rings. The number of aromatic nitrogens is 2. The molecule has 0 amide bonds. The van der Waals surface area contributed by atoms with Gasteiger partial charge in [0.15, 0.2) is 11.5 Å². The van der Waals surface area contributed by atoms with Gasteiger partial charge in [-0.25, -0.2) is 4.79 Å². The van der Waals surface area contributed by atoms with Crippen LogP contribution in [0.5, 0.6) is 17.2 Å². The molecule has 0 unspecified atom stereocenters. The minimum Gasteiger partial charge on any atom is -0.488 e. The van der Waals surface area contributed by atoms with E-state index < -0.39 is 11.2 Å². The van der Waals surface area contributed by atoms with E-state index in [9.17, 15) is 9.59 Å². The fourth-order valence-corrected chi connectivity index (χ4v) is 3.24. The summed E-state index contributed by atoms with van der Waals surface area (Å²) in [4.78, 5) is 25.1. The Balaban J connectivity index is 1.50. The van der Waals surface area contributed by atoms with Crippen molar-refractivity contribution in [2.45, 2.75) is 19.9 Å². The number of nitrogens with one attached hydrogen (secondary N) is 1. The number of hydrogen-bond donors (Lipinski definition) is 1. The van der Waals surface area contributed by atoms with Crippen LogP contribution in [0.1, 0.15) is 18.1 Å². The molecule has 6 heteroatoms. The number of H-pyrrole nitrogens is 1. The van der Waals surface area contributed by atoms with Gasteiger partial charge < -0.3 is 9.47 Å². The number of allylic oxidation sites excluding steroid dienone is 1. The predicted octanol–water partition coefficient (Wildman–Crippen LogP) is 3.37. The maximum atomic E-state index is 11.7. The third-order valence-electron chi connectivity index (χ3n) is 4.57. The Kier molecular flexibility index (Phi) is 4.85. The number of nitrogens with zero attached hydrogens (tertiary/aromatic N) is 1. The molecule has 0 saturated carbocycles. The lowest BCUT2D eigenvalue weighted by atomic mass is 10.1. The van der Waals surface area contributed by atoms with E-state index in [0.29, 0.717) is 18.0 Å². The molecule has 0 spiro atoms. The molecule has 1 aliphatic rings. The van der Waals surface area contributed by atoms with Gasteiger partial charge in [-0.3, -0.25) is 14.3 Å². The number of benzene rings is 2. The molecule has 6 nitrogen and oxygen atoms in total. The Bertz CT molecular complexity index is 1160. The van der Waals surface area contributed by atoms with E-state index in [1.807, 2.05) is 36.4 Å². The van der Waals surface area contributed by atoms with Crippen LogP contribution in [-0.2, 0) is 13.0 Å². The van der Waals surface area contributed by atoms with Crippen molar-refractivity contribution in [2.75, 3.05) is 6.61 Å². The van der Waals surface area contributed by atoms with E-state index in [-0.39, 0.29) is 6.61 Å². The fourth-order valence-electron chi connectivity index (χ4n) is 3.24. The first-order valence-corrected chi connectivity index (χ1v) is 9.09. The summed E-state index contributed by atoms with van der Waals surface area (Å²) in [6.45, 7) is 2.68. The predicted molar refractivity (Wildman–Crippen MR) is 107 cm³/mol. The summed E-state index contributed by atoms with van der Waals surface area (Å²) in [5.41, 5.74) is 2.80. The van der Waals surface area contributed by atoms with Crippen LogP contribution in [0, 0.1) is 0 Å². The van der Waals surface area contributed by atoms with Crippen molar-refractivity contribution in [3.63, 3.8) is 0 Å². The molecule has 1 heterocycles. The van der Waals surface area contributed by atoms with Crippen LogP contribution < -0.4 is 20.7 Å². The van der Waals surface area contributed by atoms with Crippen molar-refractivity contribution in [1.29, 1.82) is 0 Å². The van der Waals surface area contributed by atoms with Crippen LogP contribution in [0.25, 0.3) is 6.08 Å². The van der Waals surface area contributed by atoms with Gasteiger partial charge in [0.05, 0.1) is 6.54 Å². The van der Waals surface area contributed by atoms with Gasteiger partial charge in [-0.1, -0.05) is 35.9 Å². The minimum absolute atomic E-state index is 0.262. The Hall–Kier alpha value is -3.54. The van der Waals surface area contributed by atoms with E-state index >= 15 is 0 Å². The smallest absolute Gasteiger partial charge is 0.328 e. The summed E-state index contributed by atoms with van der Waals surface area (Å²) in [5, 5.41) is 0. The van der Waals surface area contributed by atoms with Crippen molar-refractivity contribution < 1.29 is 9.47 Å². The second kappa shape index (κ2) is 7.60. The van der Waals surface area contributed by atoms with Crippen LogP contribution in [0.2, 0.25) is 0 Å². The molecule has 0 bridgehead atoms. The van der Waals surface area contributed by atoms with Crippen LogP contribution in [-0.4, -0.2) is 16.2 Å². The van der Waals surface area contributed by atoms with Crippen molar-refractivity contribution >= 4 is 6.08 Å². The van der Waals surface area contributed by atoms with Gasteiger partial charge in [0.25, 0.3) is 5.56 Å². The van der Waals surface area contributed by atoms with Gasteiger partial charge in [-0.05, 0) is 37.1 Å². The SMILES string of the molecule is CC1=Cc2c(cccc2Oc2ccccc2OCCn2ccc(=O)[nH]c2=O)C1. The molecule has 0 radical (unpaired) electrons. The number of para-hydroxylation sites is 2. The summed E-state index contributed by atoms with van der Waals surface area (Å²) >= 11 is 0. The first kappa shape index (κ1) is 17.9. The molecule has 0 atom stereocenters. The lowest BCUT2D eigenvalue weighted by Crippen LogP contribution is -2.30. The molecule has 28 heavy (non-hydrogen) atoms. The van der Waals surface area contributed by atoms with E-state index in [1.165, 1.54) is 28.0 Å². The molecule has 0 aliphatic heterocycles. The van der Waals surface area contributed by atoms with E-state index in [0.717, 1.165) is 17.7 Å². The van der Waals surface area contributed by atoms with Gasteiger partial charge in [0, 0.05) is 17.8 Å². The summed E-state index contributed by atoms with van der Waals surface area (Å²) in [7, 11) is 0. The second-order valence-corrected chi connectivity index (χ2v) is 6.70. The van der Waals surface area contributed by atoms with Gasteiger partial charge in [-0.15, -0.1) is 0 Å². The number of rotatable bonds is 6. The van der Waals surface area contributed by atoms with Crippen molar-refractivity contribution in [3.05, 3.63) is 92.3 Å². The summed E-state index contributed by atoms with van der Waals surface area (Å²) in [6, 6.07) is 14.8. The highest BCUT2D eigenvalue weighted by Crippen LogP contribution is 2.37. The molecule has 142 valence electrons. The standard InChI is InChI=1S/C22H20N2O4/c1-15-13-16-5-4-8-18(17(16)14-15)28-20-7-3-2-6-19(20)27-12-11-24-10-9-21(25)23-22(24)26/h2-10,14H,11-13H2,1H3,(H,23,25,26). The number of aromatic amines is 1. The highest BCUT2D eigenvalue weighted by atomic mass is 16.5. The molecule has 1 N–H and O–H groups in total. The Morgan fingerprint density at radius 1 is 1.00 bits per heavy atom. The molecular formula is C22H20N2O4. The lowest BCUT2D eigenvalue weighted by molar-refractivity contribution is 0.283. The molecule has 1 aliphatic carbocycles. The molecule has 3 aromatic rings. The average molecular weight is 376 g/mol. The number of hydrogen-bond acceptors (Lipinski definition) is 4. The normalized spacial score (nSPS) is 12.4. The van der Waals surface area contributed by atoms with Crippen LogP contribution >= 0.6 is 0 Å². The Labute approximate surface area is 161 Å². The second-order valence-electron chi connectivity index (χ2n) is 6.70. The molecule has 1 aromatic heterocycles. The number of ether oxygens (including phenoxy) is 2. The van der Waals surface area contributed by atoms with E-state index in [2.05, 4.69) is 24.1 Å². The van der Waals surface area contributed by atoms with Gasteiger partial charge in [0.2, 0.25) is 0 Å². The van der Waals surface area contributed by atoms with E-state index in [1.54, 1.807) is 0 Å². The van der Waals surface area contributed by atoms with Crippen molar-refractivity contribution in [3.8, 4) is 17.2 Å². The topological polar surface area (TPSA) is 73.3 Å². The first-order chi connectivity index (χ1) is 13.6. The average Bonchev–Trinajstić information content (AvgIpc) is 3.06. The van der Waals surface area contributed by atoms with Crippen LogP contribution in [0.4, 0.5) is 0 Å². The zero-order valence-electron chi connectivity index (χ0n) is 15.5. The quantitative estimate of drug-likeness (QED) is 0.716. The zero-order valence-corrected chi connectivity index (χ0v) is 15.5. The largest absolute Gasteiger partial charge is 0.488 e. The first-order valence-electron chi connectivity index (χ1n) is 9.09. The Morgan fingerprint density at radius 2 is 1.79 bits per heavy atom. The third kappa shape index (κ3) is 3.76. The third-order valence-corrected chi connectivity index (χ3v) is 4.57. The fraction of sp³-hybridized carbons (Fsp3) is 0.182. The molecule has 4 rings (SSSR count). The highest BCUT2D eigenvalue weighted by Gasteiger charge is 2.16. The maximum absolute atomic E-state index is 11.7. The monoisotopic (exact) mass is 376 g/mol. The lowest BCUT2D eigenvalue weighted by Gasteiger charge is -2.14. The Morgan fingerprint density at radius 3 is 2.61 bits per heavy atom. The summed E-state index contributed by atoms with van der Waals surface area (Å²) in [6.07, 6.45) is 4.55. The zero-order chi connectivity index (χ0) is 19.5. The van der Waals surface area contributed by atoms with Crippen molar-refractivity contribution in [2.24, 2.45) is 0 Å². The molecular weight excluding hydrogens is 356 g/mol. The van der Waals surface area contributed by atoms with Gasteiger partial charge >= 0.3 is 5.69 Å². The molecule has 0 saturated heterocycles. The van der Waals surface area contributed by atoms with Crippen LogP contribution in [0.15, 0.2) is 69.9 Å². The summed E-state index contributed by atoms with van der Waals surface area (Å²) in [5.74, 6) is 2.00. The minimum atomic E-state index is -0.456. The summed E-state index contributed by atoms with van der Waals surface area (Å²) < 4.78 is 13.4.